The van der Waals surface area contributed by atoms with Crippen LogP contribution < -0.4 is 4.90 Å². The summed E-state index contributed by atoms with van der Waals surface area (Å²) in [6.45, 7) is 5.11. The Bertz CT molecular complexity index is 858. The summed E-state index contributed by atoms with van der Waals surface area (Å²) in [5, 5.41) is 4.78. The molecule has 0 N–H and O–H groups in total. The van der Waals surface area contributed by atoms with Gasteiger partial charge in [-0.05, 0) is 49.8 Å². The third-order valence-electron chi connectivity index (χ3n) is 5.82. The summed E-state index contributed by atoms with van der Waals surface area (Å²) in [6.07, 6.45) is 6.62. The molecule has 2 aliphatic rings. The zero-order valence-corrected chi connectivity index (χ0v) is 17.6. The quantitative estimate of drug-likeness (QED) is 0.629. The highest BCUT2D eigenvalue weighted by atomic mass is 35.5. The topological polar surface area (TPSA) is 61.9 Å². The predicted octanol–water partition coefficient (Wildman–Crippen LogP) is 4.43. The third-order valence-corrected chi connectivity index (χ3v) is 6.63. The van der Waals surface area contributed by atoms with E-state index in [9.17, 15) is 4.79 Å². The SMILES string of the molecule is O=C(N=CC1CC(CCN2CCN(c3cccc(Cl)c3Cl)CC2)C1)c1ccno1. The molecule has 4 rings (SSSR count). The molecule has 29 heavy (non-hydrogen) atoms. The van der Waals surface area contributed by atoms with E-state index >= 15 is 0 Å². The fourth-order valence-corrected chi connectivity index (χ4v) is 4.44. The van der Waals surface area contributed by atoms with Gasteiger partial charge in [0.05, 0.1) is 21.9 Å². The zero-order chi connectivity index (χ0) is 20.2. The highest BCUT2D eigenvalue weighted by Crippen LogP contribution is 2.36. The second-order valence-electron chi connectivity index (χ2n) is 7.75. The second-order valence-corrected chi connectivity index (χ2v) is 8.53. The lowest BCUT2D eigenvalue weighted by molar-refractivity contribution is 0.0966. The fourth-order valence-electron chi connectivity index (χ4n) is 4.02. The van der Waals surface area contributed by atoms with Crippen LogP contribution in [0.4, 0.5) is 5.69 Å². The van der Waals surface area contributed by atoms with E-state index < -0.39 is 0 Å². The number of halogens is 2. The Hall–Kier alpha value is -1.89. The maximum atomic E-state index is 11.8. The molecule has 1 aliphatic heterocycles. The van der Waals surface area contributed by atoms with Crippen LogP contribution in [0.2, 0.25) is 10.0 Å². The molecular weight excluding hydrogens is 411 g/mol. The van der Waals surface area contributed by atoms with E-state index in [2.05, 4.69) is 19.9 Å². The highest BCUT2D eigenvalue weighted by Gasteiger charge is 2.29. The number of hydrogen-bond acceptors (Lipinski definition) is 5. The number of aromatic nitrogens is 1. The Kier molecular flexibility index (Phi) is 6.53. The number of hydrogen-bond donors (Lipinski definition) is 0. The molecule has 0 spiro atoms. The molecular formula is C21H24Cl2N4O2. The normalized spacial score (nSPS) is 22.8. The van der Waals surface area contributed by atoms with Crippen molar-refractivity contribution >= 4 is 41.0 Å². The lowest BCUT2D eigenvalue weighted by Gasteiger charge is -2.39. The van der Waals surface area contributed by atoms with Crippen LogP contribution in [0.5, 0.6) is 0 Å². The second kappa shape index (κ2) is 9.28. The van der Waals surface area contributed by atoms with Gasteiger partial charge in [-0.2, -0.15) is 0 Å². The van der Waals surface area contributed by atoms with Gasteiger partial charge in [0.25, 0.3) is 0 Å². The molecule has 154 valence electrons. The largest absolute Gasteiger partial charge is 0.368 e. The number of rotatable bonds is 6. The Morgan fingerprint density at radius 1 is 1.21 bits per heavy atom. The van der Waals surface area contributed by atoms with Gasteiger partial charge in [-0.15, -0.1) is 0 Å². The molecule has 0 bridgehead atoms. The summed E-state index contributed by atoms with van der Waals surface area (Å²) in [5.41, 5.74) is 1.03. The number of amides is 1. The summed E-state index contributed by atoms with van der Waals surface area (Å²) >= 11 is 12.5. The van der Waals surface area contributed by atoms with Gasteiger partial charge < -0.3 is 9.42 Å². The van der Waals surface area contributed by atoms with E-state index in [-0.39, 0.29) is 11.7 Å². The van der Waals surface area contributed by atoms with Crippen LogP contribution >= 0.6 is 23.2 Å². The number of nitrogens with zero attached hydrogens (tertiary/aromatic N) is 4. The number of anilines is 1. The number of carbonyl (C=O) groups is 1. The van der Waals surface area contributed by atoms with Gasteiger partial charge in [0.1, 0.15) is 0 Å². The predicted molar refractivity (Wildman–Crippen MR) is 115 cm³/mol. The highest BCUT2D eigenvalue weighted by molar-refractivity contribution is 6.43. The maximum Gasteiger partial charge on any atom is 0.315 e. The first-order chi connectivity index (χ1) is 14.1. The van der Waals surface area contributed by atoms with Crippen LogP contribution in [-0.2, 0) is 0 Å². The summed E-state index contributed by atoms with van der Waals surface area (Å²) in [5.74, 6) is 0.944. The van der Waals surface area contributed by atoms with Crippen LogP contribution in [0.1, 0.15) is 29.8 Å². The van der Waals surface area contributed by atoms with Gasteiger partial charge in [0, 0.05) is 38.5 Å². The van der Waals surface area contributed by atoms with Crippen LogP contribution in [-0.4, -0.2) is 54.9 Å². The van der Waals surface area contributed by atoms with Crippen molar-refractivity contribution in [2.45, 2.75) is 19.3 Å². The van der Waals surface area contributed by atoms with Gasteiger partial charge in [-0.1, -0.05) is 34.4 Å². The van der Waals surface area contributed by atoms with Gasteiger partial charge >= 0.3 is 5.91 Å². The summed E-state index contributed by atoms with van der Waals surface area (Å²) in [6, 6.07) is 7.34. The monoisotopic (exact) mass is 434 g/mol. The summed E-state index contributed by atoms with van der Waals surface area (Å²) in [7, 11) is 0. The minimum absolute atomic E-state index is 0.190. The van der Waals surface area contributed by atoms with Crippen molar-refractivity contribution in [1.29, 1.82) is 0 Å². The van der Waals surface area contributed by atoms with Crippen molar-refractivity contribution in [3.63, 3.8) is 0 Å². The summed E-state index contributed by atoms with van der Waals surface area (Å²) in [4.78, 5) is 20.6. The smallest absolute Gasteiger partial charge is 0.315 e. The summed E-state index contributed by atoms with van der Waals surface area (Å²) < 4.78 is 4.82. The first-order valence-electron chi connectivity index (χ1n) is 10.0. The van der Waals surface area contributed by atoms with Crippen molar-refractivity contribution in [2.24, 2.45) is 16.8 Å². The molecule has 2 heterocycles. The zero-order valence-electron chi connectivity index (χ0n) is 16.1. The average molecular weight is 435 g/mol. The van der Waals surface area contributed by atoms with Crippen molar-refractivity contribution in [1.82, 2.24) is 10.1 Å². The molecule has 6 nitrogen and oxygen atoms in total. The van der Waals surface area contributed by atoms with E-state index in [1.54, 1.807) is 6.21 Å². The Morgan fingerprint density at radius 3 is 2.72 bits per heavy atom. The minimum atomic E-state index is -0.358. The number of piperazine rings is 1. The molecule has 2 aromatic rings. The maximum absolute atomic E-state index is 11.8. The van der Waals surface area contributed by atoms with Gasteiger partial charge in [0.15, 0.2) is 0 Å². The number of benzene rings is 1. The van der Waals surface area contributed by atoms with Crippen LogP contribution in [0, 0.1) is 11.8 Å². The molecule has 0 unspecified atom stereocenters. The first-order valence-corrected chi connectivity index (χ1v) is 10.8. The minimum Gasteiger partial charge on any atom is -0.368 e. The molecule has 1 aromatic carbocycles. The van der Waals surface area contributed by atoms with E-state index in [0.29, 0.717) is 21.9 Å². The van der Waals surface area contributed by atoms with Crippen molar-refractivity contribution in [2.75, 3.05) is 37.6 Å². The third kappa shape index (κ3) is 5.00. The first kappa shape index (κ1) is 20.4. The molecule has 0 radical (unpaired) electrons. The Labute approximate surface area is 180 Å². The average Bonchev–Trinajstić information content (AvgIpc) is 3.24. The number of carbonyl (C=O) groups excluding carboxylic acids is 1. The van der Waals surface area contributed by atoms with Crippen molar-refractivity contribution in [3.8, 4) is 0 Å². The van der Waals surface area contributed by atoms with Gasteiger partial charge in [-0.3, -0.25) is 9.69 Å². The molecule has 1 amide bonds. The molecule has 0 atom stereocenters. The molecule has 1 saturated carbocycles. The van der Waals surface area contributed by atoms with E-state index in [4.69, 9.17) is 27.7 Å². The van der Waals surface area contributed by atoms with Gasteiger partial charge in [-0.25, -0.2) is 4.99 Å². The van der Waals surface area contributed by atoms with E-state index in [0.717, 1.165) is 51.3 Å². The van der Waals surface area contributed by atoms with E-state index in [1.165, 1.54) is 18.7 Å². The molecule has 2 fully saturated rings. The molecule has 1 aromatic heterocycles. The molecule has 1 saturated heterocycles. The van der Waals surface area contributed by atoms with Crippen LogP contribution in [0.3, 0.4) is 0 Å². The van der Waals surface area contributed by atoms with Crippen molar-refractivity contribution < 1.29 is 9.32 Å². The number of aliphatic imine (C=N–C) groups is 1. The van der Waals surface area contributed by atoms with Crippen molar-refractivity contribution in [3.05, 3.63) is 46.3 Å². The van der Waals surface area contributed by atoms with Crippen LogP contribution in [0.15, 0.2) is 40.0 Å². The van der Waals surface area contributed by atoms with E-state index in [1.807, 2.05) is 18.2 Å². The Morgan fingerprint density at radius 2 is 2.00 bits per heavy atom. The lowest BCUT2D eigenvalue weighted by atomic mass is 9.74. The fraction of sp³-hybridized carbons (Fsp3) is 0.476. The van der Waals surface area contributed by atoms with Crippen LogP contribution in [0.25, 0.3) is 0 Å². The standard InChI is InChI=1S/C21H24Cl2N4O2/c22-17-2-1-3-18(20(17)23)27-10-8-26(9-11-27)7-5-15-12-16(13-15)14-24-21(28)19-4-6-25-29-19/h1-4,6,14-16H,5,7-13H2. The van der Waals surface area contributed by atoms with Gasteiger partial charge in [0.2, 0.25) is 5.76 Å². The lowest BCUT2D eigenvalue weighted by Crippen LogP contribution is -2.47. The Balaban J connectivity index is 1.15. The molecule has 1 aliphatic carbocycles. The molecule has 8 heteroatoms.